The van der Waals surface area contributed by atoms with Crippen molar-refractivity contribution < 1.29 is 30.6 Å². The summed E-state index contributed by atoms with van der Waals surface area (Å²) in [5, 5.41) is 0. The lowest BCUT2D eigenvalue weighted by Crippen LogP contribution is -2.49. The number of sulfonamides is 1. The first-order chi connectivity index (χ1) is 13.5. The maximum Gasteiger partial charge on any atom is 0.326 e. The molecule has 2 atom stereocenters. The molecule has 0 radical (unpaired) electrons. The Morgan fingerprint density at radius 2 is 1.31 bits per heavy atom. The van der Waals surface area contributed by atoms with Crippen molar-refractivity contribution in [2.24, 2.45) is 0 Å². The SMILES string of the molecule is COC(=O)[C@@H](NS(=O)(=O)c1ccc(C)cc1)[C@@H](C)OS(=O)(=O)c1ccc(C)cc1. The van der Waals surface area contributed by atoms with E-state index in [1.165, 1.54) is 31.2 Å². The van der Waals surface area contributed by atoms with Crippen LogP contribution in [0.15, 0.2) is 58.3 Å². The minimum atomic E-state index is -4.23. The highest BCUT2D eigenvalue weighted by Crippen LogP contribution is 2.18. The Labute approximate surface area is 171 Å². The van der Waals surface area contributed by atoms with Crippen molar-refractivity contribution in [1.29, 1.82) is 0 Å². The number of hydrogen-bond acceptors (Lipinski definition) is 7. The molecule has 158 valence electrons. The second-order valence-corrected chi connectivity index (χ2v) is 9.79. The Kier molecular flexibility index (Phi) is 7.17. The lowest BCUT2D eigenvalue weighted by Gasteiger charge is -2.22. The third-order valence-corrected chi connectivity index (χ3v) is 6.99. The van der Waals surface area contributed by atoms with E-state index in [1.54, 1.807) is 38.1 Å². The standard InChI is InChI=1S/C19H23NO7S2/c1-13-5-9-16(10-6-13)28(22,23)20-18(19(21)26-4)15(3)27-29(24,25)17-11-7-14(2)8-12-17/h5-12,15,18,20H,1-4H3/t15-,18+/m1/s1. The fourth-order valence-corrected chi connectivity index (χ4v) is 4.77. The van der Waals surface area contributed by atoms with E-state index in [0.717, 1.165) is 18.2 Å². The first kappa shape index (κ1) is 23.0. The molecule has 29 heavy (non-hydrogen) atoms. The van der Waals surface area contributed by atoms with Gasteiger partial charge in [0.15, 0.2) is 0 Å². The van der Waals surface area contributed by atoms with Crippen LogP contribution < -0.4 is 4.72 Å². The number of aryl methyl sites for hydroxylation is 2. The zero-order valence-corrected chi connectivity index (χ0v) is 18.1. The summed E-state index contributed by atoms with van der Waals surface area (Å²) < 4.78 is 62.1. The first-order valence-corrected chi connectivity index (χ1v) is 11.5. The van der Waals surface area contributed by atoms with Crippen LogP contribution in [-0.4, -0.2) is 42.1 Å². The number of ether oxygens (including phenoxy) is 1. The zero-order valence-electron chi connectivity index (χ0n) is 16.4. The minimum Gasteiger partial charge on any atom is -0.468 e. The van der Waals surface area contributed by atoms with E-state index in [4.69, 9.17) is 4.18 Å². The molecule has 0 heterocycles. The highest BCUT2D eigenvalue weighted by Gasteiger charge is 2.35. The summed E-state index contributed by atoms with van der Waals surface area (Å²) in [6.07, 6.45) is -1.37. The number of nitrogens with one attached hydrogen (secondary N) is 1. The fourth-order valence-electron chi connectivity index (χ4n) is 2.43. The molecule has 0 saturated carbocycles. The van der Waals surface area contributed by atoms with Crippen molar-refractivity contribution >= 4 is 26.1 Å². The molecule has 2 aromatic carbocycles. The summed E-state index contributed by atoms with van der Waals surface area (Å²) in [7, 11) is -7.29. The van der Waals surface area contributed by atoms with Gasteiger partial charge in [-0.15, -0.1) is 0 Å². The van der Waals surface area contributed by atoms with Crippen LogP contribution in [0.3, 0.4) is 0 Å². The lowest BCUT2D eigenvalue weighted by atomic mass is 10.2. The Morgan fingerprint density at radius 3 is 1.76 bits per heavy atom. The topological polar surface area (TPSA) is 116 Å². The third kappa shape index (κ3) is 5.86. The highest BCUT2D eigenvalue weighted by molar-refractivity contribution is 7.89. The van der Waals surface area contributed by atoms with Crippen molar-refractivity contribution in [2.75, 3.05) is 7.11 Å². The maximum absolute atomic E-state index is 12.6. The van der Waals surface area contributed by atoms with Crippen LogP contribution in [-0.2, 0) is 33.9 Å². The van der Waals surface area contributed by atoms with E-state index < -0.39 is 38.3 Å². The van der Waals surface area contributed by atoms with Crippen LogP contribution in [0, 0.1) is 13.8 Å². The molecule has 2 aromatic rings. The van der Waals surface area contributed by atoms with Crippen molar-refractivity contribution in [3.63, 3.8) is 0 Å². The molecular formula is C19H23NO7S2. The summed E-state index contributed by atoms with van der Waals surface area (Å²) in [4.78, 5) is 12.0. The third-order valence-electron chi connectivity index (χ3n) is 4.13. The van der Waals surface area contributed by atoms with Gasteiger partial charge in [0.05, 0.1) is 16.9 Å². The van der Waals surface area contributed by atoms with Gasteiger partial charge in [-0.2, -0.15) is 13.1 Å². The van der Waals surface area contributed by atoms with E-state index in [-0.39, 0.29) is 9.79 Å². The Morgan fingerprint density at radius 1 is 0.862 bits per heavy atom. The average molecular weight is 442 g/mol. The molecule has 0 aliphatic carbocycles. The minimum absolute atomic E-state index is 0.0782. The number of esters is 1. The number of hydrogen-bond donors (Lipinski definition) is 1. The molecular weight excluding hydrogens is 418 g/mol. The average Bonchev–Trinajstić information content (AvgIpc) is 2.65. The lowest BCUT2D eigenvalue weighted by molar-refractivity contribution is -0.144. The Balaban J connectivity index is 2.28. The molecule has 0 aromatic heterocycles. The molecule has 0 aliphatic heterocycles. The second-order valence-electron chi connectivity index (χ2n) is 6.50. The van der Waals surface area contributed by atoms with Crippen LogP contribution in [0.25, 0.3) is 0 Å². The molecule has 8 nitrogen and oxygen atoms in total. The molecule has 0 saturated heterocycles. The van der Waals surface area contributed by atoms with Gasteiger partial charge >= 0.3 is 5.97 Å². The summed E-state index contributed by atoms with van der Waals surface area (Å²) in [6, 6.07) is 10.3. The Hall–Kier alpha value is -2.27. The summed E-state index contributed by atoms with van der Waals surface area (Å²) >= 11 is 0. The predicted octanol–water partition coefficient (Wildman–Crippen LogP) is 1.92. The quantitative estimate of drug-likeness (QED) is 0.491. The summed E-state index contributed by atoms with van der Waals surface area (Å²) in [5.74, 6) is -0.979. The van der Waals surface area contributed by atoms with E-state index in [0.29, 0.717) is 0 Å². The van der Waals surface area contributed by atoms with E-state index >= 15 is 0 Å². The van der Waals surface area contributed by atoms with Crippen LogP contribution in [0.5, 0.6) is 0 Å². The van der Waals surface area contributed by atoms with Gasteiger partial charge in [0.2, 0.25) is 10.0 Å². The van der Waals surface area contributed by atoms with Gasteiger partial charge < -0.3 is 4.74 Å². The molecule has 0 amide bonds. The molecule has 0 spiro atoms. The molecule has 0 fully saturated rings. The van der Waals surface area contributed by atoms with Crippen molar-refractivity contribution in [3.8, 4) is 0 Å². The molecule has 2 rings (SSSR count). The second kappa shape index (κ2) is 9.04. The predicted molar refractivity (Wildman–Crippen MR) is 106 cm³/mol. The number of carbonyl (C=O) groups is 1. The zero-order chi connectivity index (χ0) is 21.8. The molecule has 1 N–H and O–H groups in total. The number of benzene rings is 2. The molecule has 10 heteroatoms. The fraction of sp³-hybridized carbons (Fsp3) is 0.316. The van der Waals surface area contributed by atoms with Gasteiger partial charge in [-0.05, 0) is 45.0 Å². The molecule has 0 aliphatic rings. The first-order valence-electron chi connectivity index (χ1n) is 8.63. The molecule has 0 bridgehead atoms. The normalized spacial score (nSPS) is 14.2. The van der Waals surface area contributed by atoms with Gasteiger partial charge in [-0.1, -0.05) is 35.4 Å². The van der Waals surface area contributed by atoms with Crippen molar-refractivity contribution in [1.82, 2.24) is 4.72 Å². The van der Waals surface area contributed by atoms with Gasteiger partial charge in [-0.3, -0.25) is 8.98 Å². The van der Waals surface area contributed by atoms with Crippen LogP contribution in [0.2, 0.25) is 0 Å². The summed E-state index contributed by atoms with van der Waals surface area (Å²) in [6.45, 7) is 4.87. The summed E-state index contributed by atoms with van der Waals surface area (Å²) in [5.41, 5.74) is 1.71. The van der Waals surface area contributed by atoms with E-state index in [2.05, 4.69) is 9.46 Å². The van der Waals surface area contributed by atoms with Crippen molar-refractivity contribution in [3.05, 3.63) is 59.7 Å². The smallest absolute Gasteiger partial charge is 0.326 e. The van der Waals surface area contributed by atoms with Gasteiger partial charge in [0.1, 0.15) is 12.1 Å². The molecule has 0 unspecified atom stereocenters. The highest BCUT2D eigenvalue weighted by atomic mass is 32.2. The Bertz CT molecular complexity index is 1060. The monoisotopic (exact) mass is 441 g/mol. The van der Waals surface area contributed by atoms with Crippen molar-refractivity contribution in [2.45, 2.75) is 42.7 Å². The number of rotatable bonds is 8. The van der Waals surface area contributed by atoms with Gasteiger partial charge in [0.25, 0.3) is 10.1 Å². The van der Waals surface area contributed by atoms with Crippen LogP contribution in [0.1, 0.15) is 18.1 Å². The van der Waals surface area contributed by atoms with E-state index in [1.807, 2.05) is 0 Å². The number of methoxy groups -OCH3 is 1. The van der Waals surface area contributed by atoms with Gasteiger partial charge in [-0.25, -0.2) is 8.42 Å². The van der Waals surface area contributed by atoms with Crippen LogP contribution in [0.4, 0.5) is 0 Å². The largest absolute Gasteiger partial charge is 0.468 e. The van der Waals surface area contributed by atoms with Gasteiger partial charge in [0, 0.05) is 0 Å². The van der Waals surface area contributed by atoms with Crippen LogP contribution >= 0.6 is 0 Å². The maximum atomic E-state index is 12.6. The van der Waals surface area contributed by atoms with E-state index in [9.17, 15) is 21.6 Å². The number of carbonyl (C=O) groups excluding carboxylic acids is 1.